The Morgan fingerprint density at radius 2 is 1.76 bits per heavy atom. The largest absolute Gasteiger partial charge is 0.497 e. The van der Waals surface area contributed by atoms with Gasteiger partial charge in [0.05, 0.1) is 32.1 Å². The minimum atomic E-state index is 0. The third-order valence-corrected chi connectivity index (χ3v) is 4.27. The van der Waals surface area contributed by atoms with Gasteiger partial charge in [0.2, 0.25) is 0 Å². The number of nitrogens with zero attached hydrogens (tertiary/aromatic N) is 3. The Kier molecular flexibility index (Phi) is 8.78. The van der Waals surface area contributed by atoms with Gasteiger partial charge in [-0.1, -0.05) is 18.2 Å². The summed E-state index contributed by atoms with van der Waals surface area (Å²) in [6.07, 6.45) is 1.95. The van der Waals surface area contributed by atoms with Crippen LogP contribution in [0.15, 0.2) is 65.8 Å². The molecule has 0 aliphatic carbocycles. The van der Waals surface area contributed by atoms with E-state index in [4.69, 9.17) is 9.47 Å². The van der Waals surface area contributed by atoms with E-state index in [1.165, 1.54) is 0 Å². The molecule has 29 heavy (non-hydrogen) atoms. The zero-order valence-corrected chi connectivity index (χ0v) is 19.1. The summed E-state index contributed by atoms with van der Waals surface area (Å²) in [5.74, 6) is 2.22. The van der Waals surface area contributed by atoms with Crippen LogP contribution in [0.2, 0.25) is 0 Å². The van der Waals surface area contributed by atoms with E-state index in [9.17, 15) is 0 Å². The van der Waals surface area contributed by atoms with Crippen LogP contribution in [0, 0.1) is 0 Å². The summed E-state index contributed by atoms with van der Waals surface area (Å²) in [7, 11) is 5.02. The second-order valence-electron chi connectivity index (χ2n) is 6.04. The highest BCUT2D eigenvalue weighted by atomic mass is 127. The van der Waals surface area contributed by atoms with Gasteiger partial charge in [-0.3, -0.25) is 4.99 Å². The molecule has 0 radical (unpaired) electrons. The normalized spacial score (nSPS) is 10.8. The number of aliphatic imine (C=N–C) groups is 1. The van der Waals surface area contributed by atoms with Crippen molar-refractivity contribution >= 4 is 29.9 Å². The van der Waals surface area contributed by atoms with Crippen molar-refractivity contribution in [3.8, 4) is 17.2 Å². The SMILES string of the molecule is CN=C(NCc1ccn(-c2ccccc2)n1)NCc1ccc(OC)cc1OC.I. The quantitative estimate of drug-likeness (QED) is 0.292. The van der Waals surface area contributed by atoms with Crippen LogP contribution in [0.25, 0.3) is 5.69 Å². The highest BCUT2D eigenvalue weighted by molar-refractivity contribution is 14.0. The lowest BCUT2D eigenvalue weighted by Gasteiger charge is -2.14. The van der Waals surface area contributed by atoms with Gasteiger partial charge in [-0.2, -0.15) is 5.10 Å². The number of benzene rings is 2. The van der Waals surface area contributed by atoms with Gasteiger partial charge >= 0.3 is 0 Å². The fourth-order valence-corrected chi connectivity index (χ4v) is 2.75. The average molecular weight is 507 g/mol. The van der Waals surface area contributed by atoms with Crippen LogP contribution in [0.4, 0.5) is 0 Å². The molecule has 0 bridgehead atoms. The molecule has 3 rings (SSSR count). The Morgan fingerprint density at radius 1 is 1.00 bits per heavy atom. The first-order chi connectivity index (χ1) is 13.7. The lowest BCUT2D eigenvalue weighted by Crippen LogP contribution is -2.36. The number of guanidine groups is 1. The Bertz CT molecular complexity index is 928. The number of ether oxygens (including phenoxy) is 2. The lowest BCUT2D eigenvalue weighted by atomic mass is 10.2. The van der Waals surface area contributed by atoms with E-state index < -0.39 is 0 Å². The summed E-state index contributed by atoms with van der Waals surface area (Å²) in [6.45, 7) is 1.14. The standard InChI is InChI=1S/C21H25N5O2.HI/c1-22-21(23-14-16-9-10-19(27-2)13-20(16)28-3)24-15-17-11-12-26(25-17)18-7-5-4-6-8-18;/h4-13H,14-15H2,1-3H3,(H2,22,23,24);1H. The Hall–Kier alpha value is -2.75. The average Bonchev–Trinajstić information content (AvgIpc) is 3.23. The van der Waals surface area contributed by atoms with Crippen molar-refractivity contribution in [3.05, 3.63) is 72.1 Å². The first-order valence-electron chi connectivity index (χ1n) is 8.99. The van der Waals surface area contributed by atoms with Gasteiger partial charge in [0.25, 0.3) is 0 Å². The van der Waals surface area contributed by atoms with Crippen LogP contribution in [0.5, 0.6) is 11.5 Å². The Balaban J connectivity index is 0.00000300. The van der Waals surface area contributed by atoms with Gasteiger partial charge in [-0.05, 0) is 30.3 Å². The highest BCUT2D eigenvalue weighted by Gasteiger charge is 2.07. The van der Waals surface area contributed by atoms with Gasteiger partial charge in [0.15, 0.2) is 5.96 Å². The second kappa shape index (κ2) is 11.3. The zero-order valence-electron chi connectivity index (χ0n) is 16.8. The molecule has 0 amide bonds. The van der Waals surface area contributed by atoms with E-state index in [2.05, 4.69) is 20.7 Å². The summed E-state index contributed by atoms with van der Waals surface area (Å²) >= 11 is 0. The summed E-state index contributed by atoms with van der Waals surface area (Å²) in [5, 5.41) is 11.2. The predicted octanol–water partition coefficient (Wildman–Crippen LogP) is 3.37. The number of rotatable bonds is 7. The smallest absolute Gasteiger partial charge is 0.191 e. The number of aromatic nitrogens is 2. The third-order valence-electron chi connectivity index (χ3n) is 4.27. The summed E-state index contributed by atoms with van der Waals surface area (Å²) in [6, 6.07) is 17.7. The van der Waals surface area contributed by atoms with Gasteiger partial charge in [-0.25, -0.2) is 4.68 Å². The minimum Gasteiger partial charge on any atom is -0.497 e. The van der Waals surface area contributed by atoms with Crippen LogP contribution in [-0.4, -0.2) is 37.0 Å². The number of methoxy groups -OCH3 is 2. The minimum absolute atomic E-state index is 0. The number of hydrogen-bond acceptors (Lipinski definition) is 4. The van der Waals surface area contributed by atoms with Crippen molar-refractivity contribution in [2.24, 2.45) is 4.99 Å². The number of hydrogen-bond donors (Lipinski definition) is 2. The maximum absolute atomic E-state index is 5.43. The van der Waals surface area contributed by atoms with Crippen molar-refractivity contribution in [3.63, 3.8) is 0 Å². The molecule has 2 aromatic carbocycles. The first-order valence-corrected chi connectivity index (χ1v) is 8.99. The fourth-order valence-electron chi connectivity index (χ4n) is 2.75. The van der Waals surface area contributed by atoms with E-state index in [1.54, 1.807) is 21.3 Å². The molecule has 0 fully saturated rings. The number of para-hydroxylation sites is 1. The monoisotopic (exact) mass is 507 g/mol. The van der Waals surface area contributed by atoms with Crippen molar-refractivity contribution < 1.29 is 9.47 Å². The van der Waals surface area contributed by atoms with Crippen molar-refractivity contribution in [1.29, 1.82) is 0 Å². The van der Waals surface area contributed by atoms with Crippen LogP contribution in [0.3, 0.4) is 0 Å². The molecule has 2 N–H and O–H groups in total. The van der Waals surface area contributed by atoms with Gasteiger partial charge in [0.1, 0.15) is 11.5 Å². The van der Waals surface area contributed by atoms with E-state index >= 15 is 0 Å². The molecule has 1 heterocycles. The molecule has 1 aromatic heterocycles. The van der Waals surface area contributed by atoms with Crippen molar-refractivity contribution in [2.75, 3.05) is 21.3 Å². The van der Waals surface area contributed by atoms with Gasteiger partial charge in [0, 0.05) is 31.4 Å². The van der Waals surface area contributed by atoms with Gasteiger partial charge in [-0.15, -0.1) is 24.0 Å². The zero-order chi connectivity index (χ0) is 19.8. The van der Waals surface area contributed by atoms with E-state index in [-0.39, 0.29) is 24.0 Å². The Labute approximate surface area is 188 Å². The van der Waals surface area contributed by atoms with Gasteiger partial charge < -0.3 is 20.1 Å². The van der Waals surface area contributed by atoms with Crippen LogP contribution >= 0.6 is 24.0 Å². The molecule has 0 saturated carbocycles. The molecule has 0 aliphatic heterocycles. The number of halogens is 1. The van der Waals surface area contributed by atoms with Crippen LogP contribution < -0.4 is 20.1 Å². The summed E-state index contributed by atoms with van der Waals surface area (Å²) in [4.78, 5) is 4.27. The summed E-state index contributed by atoms with van der Waals surface area (Å²) in [5.41, 5.74) is 2.97. The molecular weight excluding hydrogens is 481 g/mol. The van der Waals surface area contributed by atoms with Crippen LogP contribution in [0.1, 0.15) is 11.3 Å². The predicted molar refractivity (Wildman–Crippen MR) is 126 cm³/mol. The Morgan fingerprint density at radius 3 is 2.45 bits per heavy atom. The van der Waals surface area contributed by atoms with E-state index in [0.29, 0.717) is 19.0 Å². The molecule has 7 nitrogen and oxygen atoms in total. The maximum Gasteiger partial charge on any atom is 0.191 e. The van der Waals surface area contributed by atoms with E-state index in [1.807, 2.05) is 65.5 Å². The summed E-state index contributed by atoms with van der Waals surface area (Å²) < 4.78 is 12.5. The second-order valence-corrected chi connectivity index (χ2v) is 6.04. The molecule has 8 heteroatoms. The molecule has 0 spiro atoms. The first kappa shape index (κ1) is 22.5. The fraction of sp³-hybridized carbons (Fsp3) is 0.238. The number of nitrogens with one attached hydrogen (secondary N) is 2. The topological polar surface area (TPSA) is 72.7 Å². The third kappa shape index (κ3) is 6.11. The molecule has 0 aliphatic rings. The molecule has 0 unspecified atom stereocenters. The van der Waals surface area contributed by atoms with Crippen molar-refractivity contribution in [1.82, 2.24) is 20.4 Å². The molecule has 154 valence electrons. The van der Waals surface area contributed by atoms with Crippen molar-refractivity contribution in [2.45, 2.75) is 13.1 Å². The molecule has 0 atom stereocenters. The lowest BCUT2D eigenvalue weighted by molar-refractivity contribution is 0.390. The van der Waals surface area contributed by atoms with Crippen LogP contribution in [-0.2, 0) is 13.1 Å². The molecule has 3 aromatic rings. The maximum atomic E-state index is 5.43. The highest BCUT2D eigenvalue weighted by Crippen LogP contribution is 2.24. The molecular formula is C21H26IN5O2. The van der Waals surface area contributed by atoms with E-state index in [0.717, 1.165) is 28.4 Å². The molecule has 0 saturated heterocycles.